The summed E-state index contributed by atoms with van der Waals surface area (Å²) in [6.07, 6.45) is 5.15. The van der Waals surface area contributed by atoms with Gasteiger partial charge < -0.3 is 14.5 Å². The van der Waals surface area contributed by atoms with Crippen LogP contribution in [0, 0.1) is 0 Å². The molecule has 0 amide bonds. The topological polar surface area (TPSA) is 54.7 Å². The minimum Gasteiger partial charge on any atom is -0.463 e. The number of methoxy groups -OCH3 is 1. The van der Waals surface area contributed by atoms with Crippen LogP contribution >= 0.6 is 0 Å². The number of esters is 1. The standard InChI is InChI=1S/C16H24N2O3/c1-11(14-6-7-15(21-14)16(19)20-2)17-12-8-10-18-9-4-3-5-13(12)18/h6-7,11-13,17H,3-5,8-10H2,1-2H3. The number of furan rings is 1. The second-order valence-corrected chi connectivity index (χ2v) is 6.08. The number of hydrogen-bond donors (Lipinski definition) is 1. The van der Waals surface area contributed by atoms with E-state index in [1.807, 2.05) is 6.07 Å². The van der Waals surface area contributed by atoms with E-state index in [0.717, 1.165) is 5.76 Å². The molecule has 0 aliphatic carbocycles. The van der Waals surface area contributed by atoms with Crippen LogP contribution in [0.15, 0.2) is 16.5 Å². The van der Waals surface area contributed by atoms with Crippen LogP contribution in [0.1, 0.15) is 55.0 Å². The van der Waals surface area contributed by atoms with Gasteiger partial charge in [0.05, 0.1) is 13.2 Å². The van der Waals surface area contributed by atoms with Crippen LogP contribution in [0.3, 0.4) is 0 Å². The number of fused-ring (bicyclic) bond motifs is 1. The smallest absolute Gasteiger partial charge is 0.373 e. The monoisotopic (exact) mass is 292 g/mol. The molecule has 1 N–H and O–H groups in total. The summed E-state index contributed by atoms with van der Waals surface area (Å²) in [5.41, 5.74) is 0. The molecule has 5 heteroatoms. The van der Waals surface area contributed by atoms with Gasteiger partial charge in [-0.3, -0.25) is 4.90 Å². The van der Waals surface area contributed by atoms with E-state index < -0.39 is 5.97 Å². The molecule has 3 heterocycles. The average Bonchev–Trinajstić information content (AvgIpc) is 3.14. The Morgan fingerprint density at radius 1 is 1.38 bits per heavy atom. The second kappa shape index (κ2) is 6.20. The molecule has 2 aliphatic rings. The largest absolute Gasteiger partial charge is 0.463 e. The summed E-state index contributed by atoms with van der Waals surface area (Å²) in [5.74, 6) is 0.643. The summed E-state index contributed by atoms with van der Waals surface area (Å²) >= 11 is 0. The summed E-state index contributed by atoms with van der Waals surface area (Å²) < 4.78 is 10.3. The van der Waals surface area contributed by atoms with Crippen LogP contribution in [0.2, 0.25) is 0 Å². The molecule has 2 aliphatic heterocycles. The van der Waals surface area contributed by atoms with Crippen molar-refractivity contribution < 1.29 is 13.9 Å². The SMILES string of the molecule is COC(=O)c1ccc(C(C)NC2CCN3CCCCC23)o1. The predicted octanol–water partition coefficient (Wildman–Crippen LogP) is 2.34. The van der Waals surface area contributed by atoms with E-state index in [-0.39, 0.29) is 11.8 Å². The predicted molar refractivity (Wildman–Crippen MR) is 79.2 cm³/mol. The molecule has 5 nitrogen and oxygen atoms in total. The van der Waals surface area contributed by atoms with Gasteiger partial charge in [-0.1, -0.05) is 6.42 Å². The highest BCUT2D eigenvalue weighted by atomic mass is 16.5. The number of hydrogen-bond acceptors (Lipinski definition) is 5. The molecule has 0 spiro atoms. The Kier molecular flexibility index (Phi) is 4.31. The molecule has 3 atom stereocenters. The molecular formula is C16H24N2O3. The molecule has 2 fully saturated rings. The lowest BCUT2D eigenvalue weighted by Crippen LogP contribution is -2.45. The molecule has 116 valence electrons. The molecule has 3 rings (SSSR count). The maximum absolute atomic E-state index is 11.4. The van der Waals surface area contributed by atoms with Gasteiger partial charge in [-0.15, -0.1) is 0 Å². The van der Waals surface area contributed by atoms with Crippen LogP contribution < -0.4 is 5.32 Å². The maximum atomic E-state index is 11.4. The highest BCUT2D eigenvalue weighted by Crippen LogP contribution is 2.29. The van der Waals surface area contributed by atoms with E-state index in [9.17, 15) is 4.79 Å². The van der Waals surface area contributed by atoms with E-state index in [4.69, 9.17) is 4.42 Å². The third-order valence-corrected chi connectivity index (χ3v) is 4.76. The van der Waals surface area contributed by atoms with Gasteiger partial charge in [-0.05, 0) is 44.9 Å². The fourth-order valence-corrected chi connectivity index (χ4v) is 3.64. The van der Waals surface area contributed by atoms with Gasteiger partial charge in [0.25, 0.3) is 0 Å². The Hall–Kier alpha value is -1.33. The van der Waals surface area contributed by atoms with Crippen molar-refractivity contribution in [2.45, 2.75) is 50.7 Å². The van der Waals surface area contributed by atoms with Crippen molar-refractivity contribution in [3.8, 4) is 0 Å². The first-order valence-corrected chi connectivity index (χ1v) is 7.87. The van der Waals surface area contributed by atoms with Gasteiger partial charge in [0.1, 0.15) is 5.76 Å². The van der Waals surface area contributed by atoms with Gasteiger partial charge >= 0.3 is 5.97 Å². The number of nitrogens with zero attached hydrogens (tertiary/aromatic N) is 1. The number of nitrogens with one attached hydrogen (secondary N) is 1. The van der Waals surface area contributed by atoms with Crippen molar-refractivity contribution in [3.05, 3.63) is 23.7 Å². The molecular weight excluding hydrogens is 268 g/mol. The van der Waals surface area contributed by atoms with Crippen LogP contribution in [0.4, 0.5) is 0 Å². The van der Waals surface area contributed by atoms with E-state index in [2.05, 4.69) is 21.9 Å². The van der Waals surface area contributed by atoms with Crippen LogP contribution in [0.5, 0.6) is 0 Å². The first kappa shape index (κ1) is 14.6. The molecule has 0 bridgehead atoms. The molecule has 2 saturated heterocycles. The zero-order chi connectivity index (χ0) is 14.8. The first-order valence-electron chi connectivity index (χ1n) is 7.87. The molecule has 1 aromatic heterocycles. The Bertz CT molecular complexity index is 499. The summed E-state index contributed by atoms with van der Waals surface area (Å²) in [6.45, 7) is 4.52. The Morgan fingerprint density at radius 3 is 3.05 bits per heavy atom. The Balaban J connectivity index is 1.62. The molecule has 21 heavy (non-hydrogen) atoms. The van der Waals surface area contributed by atoms with Crippen molar-refractivity contribution in [3.63, 3.8) is 0 Å². The lowest BCUT2D eigenvalue weighted by molar-refractivity contribution is 0.0562. The van der Waals surface area contributed by atoms with Crippen molar-refractivity contribution in [1.29, 1.82) is 0 Å². The lowest BCUT2D eigenvalue weighted by Gasteiger charge is -2.33. The second-order valence-electron chi connectivity index (χ2n) is 6.08. The van der Waals surface area contributed by atoms with Gasteiger partial charge in [0, 0.05) is 18.6 Å². The first-order chi connectivity index (χ1) is 10.2. The minimum atomic E-state index is -0.423. The summed E-state index contributed by atoms with van der Waals surface area (Å²) in [6, 6.07) is 4.83. The van der Waals surface area contributed by atoms with Gasteiger partial charge in [-0.2, -0.15) is 0 Å². The van der Waals surface area contributed by atoms with E-state index >= 15 is 0 Å². The minimum absolute atomic E-state index is 0.107. The van der Waals surface area contributed by atoms with Crippen molar-refractivity contribution in [1.82, 2.24) is 10.2 Å². The Labute approximate surface area is 125 Å². The summed E-state index contributed by atoms with van der Waals surface area (Å²) in [5, 5.41) is 3.68. The lowest BCUT2D eigenvalue weighted by atomic mass is 9.98. The zero-order valence-corrected chi connectivity index (χ0v) is 12.8. The summed E-state index contributed by atoms with van der Waals surface area (Å²) in [4.78, 5) is 14.0. The highest BCUT2D eigenvalue weighted by Gasteiger charge is 2.36. The van der Waals surface area contributed by atoms with Crippen LogP contribution in [-0.4, -0.2) is 43.2 Å². The molecule has 0 saturated carbocycles. The Morgan fingerprint density at radius 2 is 2.24 bits per heavy atom. The third kappa shape index (κ3) is 2.99. The molecule has 1 aromatic rings. The highest BCUT2D eigenvalue weighted by molar-refractivity contribution is 5.86. The number of ether oxygens (including phenoxy) is 1. The van der Waals surface area contributed by atoms with E-state index in [1.54, 1.807) is 6.07 Å². The quantitative estimate of drug-likeness (QED) is 0.863. The van der Waals surface area contributed by atoms with E-state index in [1.165, 1.54) is 45.9 Å². The average molecular weight is 292 g/mol. The number of carbonyl (C=O) groups excluding carboxylic acids is 1. The van der Waals surface area contributed by atoms with Gasteiger partial charge in [0.15, 0.2) is 0 Å². The zero-order valence-electron chi connectivity index (χ0n) is 12.8. The fourth-order valence-electron chi connectivity index (χ4n) is 3.64. The van der Waals surface area contributed by atoms with Crippen LogP contribution in [0.25, 0.3) is 0 Å². The van der Waals surface area contributed by atoms with Crippen LogP contribution in [-0.2, 0) is 4.74 Å². The number of piperidine rings is 1. The molecule has 0 radical (unpaired) electrons. The fraction of sp³-hybridized carbons (Fsp3) is 0.688. The van der Waals surface area contributed by atoms with Crippen molar-refractivity contribution in [2.24, 2.45) is 0 Å². The third-order valence-electron chi connectivity index (χ3n) is 4.76. The van der Waals surface area contributed by atoms with Crippen molar-refractivity contribution >= 4 is 5.97 Å². The summed E-state index contributed by atoms with van der Waals surface area (Å²) in [7, 11) is 1.36. The maximum Gasteiger partial charge on any atom is 0.373 e. The number of carbonyl (C=O) groups is 1. The van der Waals surface area contributed by atoms with E-state index in [0.29, 0.717) is 12.1 Å². The van der Waals surface area contributed by atoms with Gasteiger partial charge in [0.2, 0.25) is 5.76 Å². The van der Waals surface area contributed by atoms with Crippen molar-refractivity contribution in [2.75, 3.05) is 20.2 Å². The number of rotatable bonds is 4. The van der Waals surface area contributed by atoms with Gasteiger partial charge in [-0.25, -0.2) is 4.79 Å². The molecule has 0 aromatic carbocycles. The molecule has 3 unspecified atom stereocenters. The normalized spacial score (nSPS) is 27.3.